The van der Waals surface area contributed by atoms with Crippen molar-refractivity contribution in [1.82, 2.24) is 5.32 Å². The Labute approximate surface area is 82.1 Å². The first-order valence-corrected chi connectivity index (χ1v) is 4.96. The van der Waals surface area contributed by atoms with Crippen LogP contribution in [0.2, 0.25) is 0 Å². The lowest BCUT2D eigenvalue weighted by Crippen LogP contribution is -2.27. The Kier molecular flexibility index (Phi) is 2.77. The van der Waals surface area contributed by atoms with Gasteiger partial charge in [0.15, 0.2) is 11.6 Å². The predicted octanol–water partition coefficient (Wildman–Crippen LogP) is 2.78. The van der Waals surface area contributed by atoms with Crippen LogP contribution >= 0.6 is 0 Å². The van der Waals surface area contributed by atoms with Crippen LogP contribution < -0.4 is 5.32 Å². The van der Waals surface area contributed by atoms with Crippen LogP contribution in [0.25, 0.3) is 0 Å². The van der Waals surface area contributed by atoms with Gasteiger partial charge in [0.05, 0.1) is 0 Å². The number of hydrogen-bond donors (Lipinski definition) is 1. The molecule has 1 aromatic rings. The van der Waals surface area contributed by atoms with Crippen molar-refractivity contribution in [3.63, 3.8) is 0 Å². The van der Waals surface area contributed by atoms with Crippen molar-refractivity contribution in [3.8, 4) is 0 Å². The monoisotopic (exact) mass is 197 g/mol. The van der Waals surface area contributed by atoms with Crippen molar-refractivity contribution >= 4 is 0 Å². The number of rotatable bonds is 1. The summed E-state index contributed by atoms with van der Waals surface area (Å²) in [6.07, 6.45) is 3.08. The van der Waals surface area contributed by atoms with E-state index in [2.05, 4.69) is 5.32 Å². The van der Waals surface area contributed by atoms with E-state index in [1.807, 2.05) is 0 Å². The predicted molar refractivity (Wildman–Crippen MR) is 51.0 cm³/mol. The minimum atomic E-state index is -0.755. The average molecular weight is 197 g/mol. The molecular weight excluding hydrogens is 184 g/mol. The van der Waals surface area contributed by atoms with Gasteiger partial charge in [0.2, 0.25) is 0 Å². The van der Waals surface area contributed by atoms with Crippen LogP contribution in [0.4, 0.5) is 8.78 Å². The van der Waals surface area contributed by atoms with E-state index in [0.29, 0.717) is 5.56 Å². The molecule has 76 valence electrons. The van der Waals surface area contributed by atoms with E-state index in [4.69, 9.17) is 0 Å². The molecule has 1 aliphatic rings. The number of piperidine rings is 1. The summed E-state index contributed by atoms with van der Waals surface area (Å²) in [4.78, 5) is 0. The van der Waals surface area contributed by atoms with E-state index in [9.17, 15) is 8.78 Å². The molecule has 1 heterocycles. The quantitative estimate of drug-likeness (QED) is 0.730. The maximum atomic E-state index is 13.4. The average Bonchev–Trinajstić information content (AvgIpc) is 2.23. The summed E-state index contributed by atoms with van der Waals surface area (Å²) in [6.45, 7) is 0.890. The molecule has 0 amide bonds. The third-order valence-electron chi connectivity index (χ3n) is 2.67. The summed E-state index contributed by atoms with van der Waals surface area (Å²) < 4.78 is 26.3. The smallest absolute Gasteiger partial charge is 0.163 e. The number of hydrogen-bond acceptors (Lipinski definition) is 1. The second-order valence-corrected chi connectivity index (χ2v) is 3.65. The minimum Gasteiger partial charge on any atom is -0.310 e. The SMILES string of the molecule is Fc1cccc([C@@H]2CCCCN2)c1F. The Bertz CT molecular complexity index is 319. The lowest BCUT2D eigenvalue weighted by atomic mass is 9.97. The van der Waals surface area contributed by atoms with Crippen molar-refractivity contribution in [2.45, 2.75) is 25.3 Å². The molecule has 14 heavy (non-hydrogen) atoms. The first kappa shape index (κ1) is 9.59. The van der Waals surface area contributed by atoms with Crippen molar-refractivity contribution in [2.75, 3.05) is 6.54 Å². The van der Waals surface area contributed by atoms with Gasteiger partial charge in [-0.05, 0) is 25.5 Å². The van der Waals surface area contributed by atoms with Crippen molar-refractivity contribution in [2.24, 2.45) is 0 Å². The molecule has 1 nitrogen and oxygen atoms in total. The highest BCUT2D eigenvalue weighted by atomic mass is 19.2. The lowest BCUT2D eigenvalue weighted by molar-refractivity contribution is 0.391. The van der Waals surface area contributed by atoms with Gasteiger partial charge in [0, 0.05) is 11.6 Å². The zero-order chi connectivity index (χ0) is 9.97. The van der Waals surface area contributed by atoms with Crippen molar-refractivity contribution in [3.05, 3.63) is 35.4 Å². The van der Waals surface area contributed by atoms with Gasteiger partial charge in [0.1, 0.15) is 0 Å². The standard InChI is InChI=1S/C11H13F2N/c12-9-5-3-4-8(11(9)13)10-6-1-2-7-14-10/h3-5,10,14H,1-2,6-7H2/t10-/m0/s1. The second-order valence-electron chi connectivity index (χ2n) is 3.65. The van der Waals surface area contributed by atoms with E-state index >= 15 is 0 Å². The molecule has 0 aromatic heterocycles. The Morgan fingerprint density at radius 3 is 2.79 bits per heavy atom. The van der Waals surface area contributed by atoms with Crippen LogP contribution in [0.1, 0.15) is 30.9 Å². The summed E-state index contributed by atoms with van der Waals surface area (Å²) in [7, 11) is 0. The van der Waals surface area contributed by atoms with Crippen LogP contribution in [0, 0.1) is 11.6 Å². The molecular formula is C11H13F2N. The van der Waals surface area contributed by atoms with Gasteiger partial charge < -0.3 is 5.32 Å². The molecule has 0 aliphatic carbocycles. The Balaban J connectivity index is 2.26. The molecule has 1 fully saturated rings. The van der Waals surface area contributed by atoms with Crippen LogP contribution in [0.3, 0.4) is 0 Å². The van der Waals surface area contributed by atoms with Crippen LogP contribution in [0.15, 0.2) is 18.2 Å². The molecule has 0 radical (unpaired) electrons. The number of nitrogens with one attached hydrogen (secondary N) is 1. The molecule has 0 unspecified atom stereocenters. The summed E-state index contributed by atoms with van der Waals surface area (Å²) in [6, 6.07) is 4.35. The maximum absolute atomic E-state index is 13.4. The minimum absolute atomic E-state index is 0.0144. The zero-order valence-electron chi connectivity index (χ0n) is 7.89. The maximum Gasteiger partial charge on any atom is 0.163 e. The highest BCUT2D eigenvalue weighted by Gasteiger charge is 2.19. The van der Waals surface area contributed by atoms with Gasteiger partial charge in [-0.1, -0.05) is 18.6 Å². The Morgan fingerprint density at radius 2 is 2.07 bits per heavy atom. The normalized spacial score (nSPS) is 22.3. The summed E-state index contributed by atoms with van der Waals surface area (Å²) in [5.41, 5.74) is 0.463. The summed E-state index contributed by atoms with van der Waals surface area (Å²) in [5.74, 6) is -1.46. The summed E-state index contributed by atoms with van der Waals surface area (Å²) >= 11 is 0. The molecule has 0 bridgehead atoms. The molecule has 0 saturated carbocycles. The van der Waals surface area contributed by atoms with Gasteiger partial charge in [-0.25, -0.2) is 8.78 Å². The van der Waals surface area contributed by atoms with Gasteiger partial charge in [-0.2, -0.15) is 0 Å². The van der Waals surface area contributed by atoms with Crippen molar-refractivity contribution in [1.29, 1.82) is 0 Å². The van der Waals surface area contributed by atoms with E-state index < -0.39 is 11.6 Å². The zero-order valence-corrected chi connectivity index (χ0v) is 7.89. The largest absolute Gasteiger partial charge is 0.310 e. The molecule has 3 heteroatoms. The lowest BCUT2D eigenvalue weighted by Gasteiger charge is -2.24. The number of halogens is 2. The van der Waals surface area contributed by atoms with Gasteiger partial charge in [-0.15, -0.1) is 0 Å². The summed E-state index contributed by atoms with van der Waals surface area (Å²) in [5, 5.41) is 3.20. The van der Waals surface area contributed by atoms with Crippen LogP contribution in [0.5, 0.6) is 0 Å². The number of benzene rings is 1. The fourth-order valence-corrected chi connectivity index (χ4v) is 1.91. The van der Waals surface area contributed by atoms with E-state index in [1.165, 1.54) is 0 Å². The molecule has 1 saturated heterocycles. The fourth-order valence-electron chi connectivity index (χ4n) is 1.91. The van der Waals surface area contributed by atoms with Gasteiger partial charge in [-0.3, -0.25) is 0 Å². The Hall–Kier alpha value is -0.960. The third kappa shape index (κ3) is 1.77. The highest BCUT2D eigenvalue weighted by Crippen LogP contribution is 2.25. The van der Waals surface area contributed by atoms with Crippen LogP contribution in [-0.2, 0) is 0 Å². The van der Waals surface area contributed by atoms with E-state index in [1.54, 1.807) is 12.1 Å². The molecule has 0 spiro atoms. The molecule has 1 atom stereocenters. The first-order valence-electron chi connectivity index (χ1n) is 4.96. The molecule has 1 N–H and O–H groups in total. The van der Waals surface area contributed by atoms with Crippen LogP contribution in [-0.4, -0.2) is 6.54 Å². The second kappa shape index (κ2) is 4.05. The molecule has 1 aromatic carbocycles. The molecule has 1 aliphatic heterocycles. The van der Waals surface area contributed by atoms with Gasteiger partial charge >= 0.3 is 0 Å². The van der Waals surface area contributed by atoms with Crippen molar-refractivity contribution < 1.29 is 8.78 Å². The highest BCUT2D eigenvalue weighted by molar-refractivity contribution is 5.22. The fraction of sp³-hybridized carbons (Fsp3) is 0.455. The van der Waals surface area contributed by atoms with E-state index in [0.717, 1.165) is 31.9 Å². The Morgan fingerprint density at radius 1 is 1.21 bits per heavy atom. The molecule has 2 rings (SSSR count). The van der Waals surface area contributed by atoms with E-state index in [-0.39, 0.29) is 6.04 Å². The third-order valence-corrected chi connectivity index (χ3v) is 2.67. The first-order chi connectivity index (χ1) is 6.79. The van der Waals surface area contributed by atoms with Gasteiger partial charge in [0.25, 0.3) is 0 Å². The topological polar surface area (TPSA) is 12.0 Å².